The first-order chi connectivity index (χ1) is 8.63. The lowest BCUT2D eigenvalue weighted by atomic mass is 10.2. The summed E-state index contributed by atoms with van der Waals surface area (Å²) in [5.74, 6) is 0. The zero-order valence-electron chi connectivity index (χ0n) is 11.4. The van der Waals surface area contributed by atoms with E-state index in [-0.39, 0.29) is 6.04 Å². The van der Waals surface area contributed by atoms with Crippen LogP contribution in [0.15, 0.2) is 12.5 Å². The van der Waals surface area contributed by atoms with E-state index in [1.54, 1.807) is 11.3 Å². The second kappa shape index (κ2) is 5.63. The van der Waals surface area contributed by atoms with Crippen molar-refractivity contribution in [2.24, 2.45) is 7.05 Å². The van der Waals surface area contributed by atoms with Gasteiger partial charge in [-0.25, -0.2) is 9.97 Å². The first-order valence-corrected chi connectivity index (χ1v) is 7.08. The number of hydrogen-bond acceptors (Lipinski definition) is 4. The van der Waals surface area contributed by atoms with Crippen molar-refractivity contribution in [3.8, 4) is 0 Å². The van der Waals surface area contributed by atoms with Crippen LogP contribution < -0.4 is 5.32 Å². The van der Waals surface area contributed by atoms with Gasteiger partial charge in [0.1, 0.15) is 11.0 Å². The van der Waals surface area contributed by atoms with Crippen molar-refractivity contribution >= 4 is 11.3 Å². The number of hydrogen-bond donors (Lipinski definition) is 1. The van der Waals surface area contributed by atoms with E-state index >= 15 is 0 Å². The number of imidazole rings is 1. The Hall–Kier alpha value is -1.20. The van der Waals surface area contributed by atoms with Crippen molar-refractivity contribution in [1.29, 1.82) is 0 Å². The minimum absolute atomic E-state index is 0.148. The van der Waals surface area contributed by atoms with E-state index in [1.807, 2.05) is 19.6 Å². The van der Waals surface area contributed by atoms with E-state index < -0.39 is 0 Å². The maximum Gasteiger partial charge on any atom is 0.116 e. The number of aryl methyl sites for hydroxylation is 3. The molecule has 5 heteroatoms. The van der Waals surface area contributed by atoms with Crippen LogP contribution in [-0.2, 0) is 7.05 Å². The van der Waals surface area contributed by atoms with Gasteiger partial charge in [-0.05, 0) is 26.8 Å². The molecule has 2 aromatic rings. The molecule has 0 saturated heterocycles. The van der Waals surface area contributed by atoms with Crippen LogP contribution in [0.5, 0.6) is 0 Å². The second-order valence-electron chi connectivity index (χ2n) is 4.51. The van der Waals surface area contributed by atoms with Crippen LogP contribution in [-0.4, -0.2) is 21.1 Å². The van der Waals surface area contributed by atoms with Gasteiger partial charge < -0.3 is 9.88 Å². The van der Waals surface area contributed by atoms with Gasteiger partial charge in [0, 0.05) is 11.9 Å². The normalized spacial score (nSPS) is 12.9. The average Bonchev–Trinajstić information content (AvgIpc) is 2.88. The van der Waals surface area contributed by atoms with Crippen LogP contribution in [0.25, 0.3) is 0 Å². The van der Waals surface area contributed by atoms with Gasteiger partial charge >= 0.3 is 0 Å². The largest absolute Gasteiger partial charge is 0.336 e. The molecule has 4 nitrogen and oxygen atoms in total. The molecule has 1 unspecified atom stereocenters. The lowest BCUT2D eigenvalue weighted by Crippen LogP contribution is -2.24. The minimum atomic E-state index is 0.148. The molecular formula is C13H20N4S. The molecule has 0 aliphatic rings. The Morgan fingerprint density at radius 1 is 1.44 bits per heavy atom. The van der Waals surface area contributed by atoms with Gasteiger partial charge in [-0.15, -0.1) is 11.3 Å². The van der Waals surface area contributed by atoms with Crippen molar-refractivity contribution in [3.63, 3.8) is 0 Å². The highest BCUT2D eigenvalue weighted by atomic mass is 32.1. The van der Waals surface area contributed by atoms with E-state index in [4.69, 9.17) is 0 Å². The molecule has 98 valence electrons. The number of nitrogens with one attached hydrogen (secondary N) is 1. The summed E-state index contributed by atoms with van der Waals surface area (Å²) in [6, 6.07) is 0.148. The van der Waals surface area contributed by atoms with Crippen molar-refractivity contribution in [2.75, 3.05) is 6.54 Å². The van der Waals surface area contributed by atoms with Crippen LogP contribution in [0.2, 0.25) is 0 Å². The summed E-state index contributed by atoms with van der Waals surface area (Å²) >= 11 is 1.77. The van der Waals surface area contributed by atoms with Gasteiger partial charge in [0.25, 0.3) is 0 Å². The Morgan fingerprint density at radius 2 is 2.22 bits per heavy atom. The highest BCUT2D eigenvalue weighted by molar-refractivity contribution is 7.11. The molecule has 0 saturated carbocycles. The highest BCUT2D eigenvalue weighted by Gasteiger charge is 2.20. The molecule has 2 heterocycles. The summed E-state index contributed by atoms with van der Waals surface area (Å²) < 4.78 is 2.05. The van der Waals surface area contributed by atoms with Gasteiger partial charge in [0.05, 0.1) is 23.9 Å². The second-order valence-corrected chi connectivity index (χ2v) is 5.75. The quantitative estimate of drug-likeness (QED) is 0.902. The predicted octanol–water partition coefficient (Wildman–Crippen LogP) is 2.58. The van der Waals surface area contributed by atoms with E-state index in [9.17, 15) is 0 Å². The van der Waals surface area contributed by atoms with Crippen LogP contribution in [0.4, 0.5) is 0 Å². The van der Waals surface area contributed by atoms with Gasteiger partial charge in [0.2, 0.25) is 0 Å². The zero-order valence-corrected chi connectivity index (χ0v) is 12.2. The summed E-state index contributed by atoms with van der Waals surface area (Å²) in [5.41, 5.74) is 2.29. The molecule has 2 rings (SSSR count). The molecule has 18 heavy (non-hydrogen) atoms. The maximum absolute atomic E-state index is 4.68. The van der Waals surface area contributed by atoms with Crippen molar-refractivity contribution in [2.45, 2.75) is 33.2 Å². The molecule has 1 atom stereocenters. The molecule has 0 radical (unpaired) electrons. The molecule has 0 amide bonds. The molecule has 0 fully saturated rings. The molecule has 0 spiro atoms. The number of aromatic nitrogens is 3. The molecular weight excluding hydrogens is 244 g/mol. The molecule has 2 aromatic heterocycles. The van der Waals surface area contributed by atoms with E-state index in [0.29, 0.717) is 0 Å². The van der Waals surface area contributed by atoms with Crippen LogP contribution in [0.3, 0.4) is 0 Å². The van der Waals surface area contributed by atoms with Gasteiger partial charge in [-0.3, -0.25) is 0 Å². The number of nitrogens with zero attached hydrogens (tertiary/aromatic N) is 3. The van der Waals surface area contributed by atoms with Crippen LogP contribution >= 0.6 is 11.3 Å². The van der Waals surface area contributed by atoms with Crippen molar-refractivity contribution in [1.82, 2.24) is 19.9 Å². The third kappa shape index (κ3) is 2.62. The summed E-state index contributed by atoms with van der Waals surface area (Å²) in [4.78, 5) is 10.2. The summed E-state index contributed by atoms with van der Waals surface area (Å²) in [7, 11) is 2.02. The molecule has 0 aliphatic heterocycles. The van der Waals surface area contributed by atoms with Gasteiger partial charge in [-0.1, -0.05) is 6.92 Å². The SMILES string of the molecule is CCCNC(c1nc(C)c(C)s1)c1cncn1C. The predicted molar refractivity (Wildman–Crippen MR) is 74.9 cm³/mol. The first kappa shape index (κ1) is 13.2. The fraction of sp³-hybridized carbons (Fsp3) is 0.538. The highest BCUT2D eigenvalue weighted by Crippen LogP contribution is 2.27. The maximum atomic E-state index is 4.68. The summed E-state index contributed by atoms with van der Waals surface area (Å²) in [6.07, 6.45) is 4.86. The van der Waals surface area contributed by atoms with Gasteiger partial charge in [-0.2, -0.15) is 0 Å². The number of thiazole rings is 1. The lowest BCUT2D eigenvalue weighted by Gasteiger charge is -2.16. The number of rotatable bonds is 5. The van der Waals surface area contributed by atoms with Crippen LogP contribution in [0.1, 0.15) is 40.7 Å². The van der Waals surface area contributed by atoms with Crippen molar-refractivity contribution < 1.29 is 0 Å². The Morgan fingerprint density at radius 3 is 2.72 bits per heavy atom. The Balaban J connectivity index is 2.33. The van der Waals surface area contributed by atoms with E-state index in [2.05, 4.69) is 40.6 Å². The Bertz CT molecular complexity index is 495. The summed E-state index contributed by atoms with van der Waals surface area (Å²) in [5, 5.41) is 4.68. The van der Waals surface area contributed by atoms with Gasteiger partial charge in [0.15, 0.2) is 0 Å². The minimum Gasteiger partial charge on any atom is -0.336 e. The third-order valence-corrected chi connectivity index (χ3v) is 4.18. The van der Waals surface area contributed by atoms with E-state index in [0.717, 1.165) is 29.4 Å². The van der Waals surface area contributed by atoms with Crippen LogP contribution in [0, 0.1) is 13.8 Å². The fourth-order valence-electron chi connectivity index (χ4n) is 1.87. The average molecular weight is 264 g/mol. The molecule has 1 N–H and O–H groups in total. The van der Waals surface area contributed by atoms with Crippen molar-refractivity contribution in [3.05, 3.63) is 33.8 Å². The third-order valence-electron chi connectivity index (χ3n) is 3.04. The first-order valence-electron chi connectivity index (χ1n) is 6.27. The smallest absolute Gasteiger partial charge is 0.116 e. The standard InChI is InChI=1S/C13H20N4S/c1-5-6-15-12(11-7-14-8-17(11)4)13-16-9(2)10(3)18-13/h7-8,12,15H,5-6H2,1-4H3. The fourth-order valence-corrected chi connectivity index (χ4v) is 2.89. The Labute approximate surface area is 112 Å². The molecule has 0 bridgehead atoms. The summed E-state index contributed by atoms with van der Waals surface area (Å²) in [6.45, 7) is 7.34. The van der Waals surface area contributed by atoms with E-state index in [1.165, 1.54) is 4.88 Å². The molecule has 0 aromatic carbocycles. The monoisotopic (exact) mass is 264 g/mol. The lowest BCUT2D eigenvalue weighted by molar-refractivity contribution is 0.566. The Kier molecular flexibility index (Phi) is 4.14. The molecule has 0 aliphatic carbocycles. The zero-order chi connectivity index (χ0) is 13.1. The topological polar surface area (TPSA) is 42.7 Å².